The predicted molar refractivity (Wildman–Crippen MR) is 90.1 cm³/mol. The van der Waals surface area contributed by atoms with E-state index in [1.165, 1.54) is 6.92 Å². The Bertz CT molecular complexity index is 942. The molecule has 1 aromatic rings. The maximum atomic E-state index is 13.3. The largest absolute Gasteiger partial charge is 0.501 e. The van der Waals surface area contributed by atoms with Crippen LogP contribution in [0.5, 0.6) is 0 Å². The van der Waals surface area contributed by atoms with Crippen LogP contribution in [0.2, 0.25) is 0 Å². The molecule has 4 N–H and O–H groups in total. The van der Waals surface area contributed by atoms with Gasteiger partial charge in [-0.3, -0.25) is 0 Å². The lowest BCUT2D eigenvalue weighted by Gasteiger charge is -2.37. The number of alkyl halides is 5. The zero-order valence-corrected chi connectivity index (χ0v) is 16.1. The summed E-state index contributed by atoms with van der Waals surface area (Å²) in [7, 11) is -10.5. The summed E-state index contributed by atoms with van der Waals surface area (Å²) in [6.07, 6.45) is -2.75. The highest BCUT2D eigenvalue weighted by molar-refractivity contribution is 7.92. The first-order valence-corrected chi connectivity index (χ1v) is 10.9. The molecule has 2 atom stereocenters. The quantitative estimate of drug-likeness (QED) is 0.567. The van der Waals surface area contributed by atoms with Gasteiger partial charge in [-0.2, -0.15) is 13.2 Å². The molecule has 160 valence electrons. The Kier molecular flexibility index (Phi) is 6.01. The van der Waals surface area contributed by atoms with Crippen molar-refractivity contribution < 1.29 is 38.8 Å². The summed E-state index contributed by atoms with van der Waals surface area (Å²) in [5.41, 5.74) is -7.82. The van der Waals surface area contributed by atoms with Crippen LogP contribution in [0.4, 0.5) is 27.6 Å². The van der Waals surface area contributed by atoms with E-state index in [9.17, 15) is 38.8 Å². The van der Waals surface area contributed by atoms with E-state index in [4.69, 9.17) is 5.14 Å². The first-order valence-electron chi connectivity index (χ1n) is 7.87. The number of hydrogen-bond acceptors (Lipinski definition) is 6. The number of benzene rings is 1. The van der Waals surface area contributed by atoms with Gasteiger partial charge in [-0.05, 0) is 31.2 Å². The lowest BCUT2D eigenvalue weighted by molar-refractivity contribution is -0.0436. The molecule has 0 aromatic heterocycles. The SMILES string of the molecule is CC(C(F)F)[C@]1(Nc2ccc(S(N)(=O)=O)cc2S(=O)(=O)C(F)(F)F)CCNC1. The van der Waals surface area contributed by atoms with Crippen molar-refractivity contribution >= 4 is 25.5 Å². The maximum absolute atomic E-state index is 13.3. The molecule has 0 aliphatic carbocycles. The second kappa shape index (κ2) is 7.39. The van der Waals surface area contributed by atoms with Crippen molar-refractivity contribution in [3.8, 4) is 0 Å². The van der Waals surface area contributed by atoms with Crippen molar-refractivity contribution in [2.24, 2.45) is 11.1 Å². The number of nitrogens with two attached hydrogens (primary N) is 1. The number of sulfone groups is 1. The molecular formula is C14H18F5N3O4S2. The molecule has 0 spiro atoms. The normalized spacial score (nSPS) is 22.4. The van der Waals surface area contributed by atoms with E-state index in [2.05, 4.69) is 10.6 Å². The zero-order valence-electron chi connectivity index (χ0n) is 14.4. The highest BCUT2D eigenvalue weighted by atomic mass is 32.2. The van der Waals surface area contributed by atoms with Crippen molar-refractivity contribution in [3.05, 3.63) is 18.2 Å². The molecule has 1 unspecified atom stereocenters. The van der Waals surface area contributed by atoms with Crippen LogP contribution in [0.3, 0.4) is 0 Å². The van der Waals surface area contributed by atoms with Gasteiger partial charge in [0.1, 0.15) is 4.90 Å². The van der Waals surface area contributed by atoms with Gasteiger partial charge in [0.05, 0.1) is 16.1 Å². The minimum Gasteiger partial charge on any atom is -0.377 e. The standard InChI is InChI=1S/C14H18F5N3O4S2/c1-8(12(15)16)13(4-5-21-7-13)22-10-3-2-9(28(20,25)26)6-11(10)27(23,24)14(17,18)19/h2-3,6,8,12,21-22H,4-5,7H2,1H3,(H2,20,25,26)/t8?,13-/m0/s1. The van der Waals surface area contributed by atoms with Crippen molar-refractivity contribution in [2.75, 3.05) is 18.4 Å². The Morgan fingerprint density at radius 1 is 1.21 bits per heavy atom. The molecule has 2 rings (SSSR count). The fraction of sp³-hybridized carbons (Fsp3) is 0.571. The van der Waals surface area contributed by atoms with Gasteiger partial charge in [0, 0.05) is 12.5 Å². The van der Waals surface area contributed by atoms with Gasteiger partial charge in [0.2, 0.25) is 16.4 Å². The van der Waals surface area contributed by atoms with Crippen LogP contribution in [0.1, 0.15) is 13.3 Å². The first-order chi connectivity index (χ1) is 12.6. The van der Waals surface area contributed by atoms with Crippen LogP contribution < -0.4 is 15.8 Å². The van der Waals surface area contributed by atoms with E-state index < -0.39 is 58.7 Å². The first kappa shape index (κ1) is 22.8. The molecule has 1 heterocycles. The van der Waals surface area contributed by atoms with Crippen LogP contribution in [0, 0.1) is 5.92 Å². The summed E-state index contributed by atoms with van der Waals surface area (Å²) in [5.74, 6) is -1.35. The van der Waals surface area contributed by atoms with Gasteiger partial charge in [-0.1, -0.05) is 6.92 Å². The average molecular weight is 451 g/mol. The fourth-order valence-corrected chi connectivity index (χ4v) is 4.51. The molecule has 0 saturated carbocycles. The smallest absolute Gasteiger partial charge is 0.377 e. The average Bonchev–Trinajstić information content (AvgIpc) is 3.01. The van der Waals surface area contributed by atoms with Crippen molar-refractivity contribution in [1.82, 2.24) is 5.32 Å². The molecule has 1 aliphatic rings. The van der Waals surface area contributed by atoms with Gasteiger partial charge < -0.3 is 10.6 Å². The molecule has 1 aliphatic heterocycles. The monoisotopic (exact) mass is 451 g/mol. The topological polar surface area (TPSA) is 118 Å². The van der Waals surface area contributed by atoms with E-state index >= 15 is 0 Å². The highest BCUT2D eigenvalue weighted by Crippen LogP contribution is 2.39. The predicted octanol–water partition coefficient (Wildman–Crippen LogP) is 1.67. The molecular weight excluding hydrogens is 433 g/mol. The number of rotatable bonds is 6. The van der Waals surface area contributed by atoms with Gasteiger partial charge in [0.25, 0.3) is 9.84 Å². The number of anilines is 1. The zero-order chi connectivity index (χ0) is 21.5. The third-order valence-corrected chi connectivity index (χ3v) is 7.13. The lowest BCUT2D eigenvalue weighted by atomic mass is 9.84. The Hall–Kier alpha value is -1.51. The van der Waals surface area contributed by atoms with Crippen molar-refractivity contribution in [3.63, 3.8) is 0 Å². The van der Waals surface area contributed by atoms with Gasteiger partial charge >= 0.3 is 5.51 Å². The van der Waals surface area contributed by atoms with Gasteiger partial charge in [0.15, 0.2) is 0 Å². The number of halogens is 5. The summed E-state index contributed by atoms with van der Waals surface area (Å²) in [6, 6.07) is 1.84. The fourth-order valence-electron chi connectivity index (χ4n) is 2.96. The van der Waals surface area contributed by atoms with Crippen LogP contribution >= 0.6 is 0 Å². The molecule has 7 nitrogen and oxygen atoms in total. The Morgan fingerprint density at radius 3 is 2.25 bits per heavy atom. The Labute approximate surface area is 158 Å². The third kappa shape index (κ3) is 4.23. The highest BCUT2D eigenvalue weighted by Gasteiger charge is 2.50. The molecule has 1 aromatic carbocycles. The Balaban J connectivity index is 2.67. The summed E-state index contributed by atoms with van der Waals surface area (Å²) >= 11 is 0. The lowest BCUT2D eigenvalue weighted by Crippen LogP contribution is -2.49. The summed E-state index contributed by atoms with van der Waals surface area (Å²) in [4.78, 5) is -2.26. The van der Waals surface area contributed by atoms with Crippen LogP contribution in [0.15, 0.2) is 28.0 Å². The molecule has 1 saturated heterocycles. The van der Waals surface area contributed by atoms with E-state index in [0.717, 1.165) is 12.1 Å². The molecule has 28 heavy (non-hydrogen) atoms. The van der Waals surface area contributed by atoms with E-state index in [1.54, 1.807) is 0 Å². The second-order valence-corrected chi connectivity index (χ2v) is 9.95. The Morgan fingerprint density at radius 2 is 1.82 bits per heavy atom. The molecule has 0 amide bonds. The van der Waals surface area contributed by atoms with Crippen LogP contribution in [-0.4, -0.2) is 47.4 Å². The third-order valence-electron chi connectivity index (χ3n) is 4.70. The maximum Gasteiger partial charge on any atom is 0.501 e. The van der Waals surface area contributed by atoms with E-state index in [0.29, 0.717) is 0 Å². The van der Waals surface area contributed by atoms with Crippen molar-refractivity contribution in [1.29, 1.82) is 0 Å². The van der Waals surface area contributed by atoms with Gasteiger partial charge in [-0.25, -0.2) is 30.8 Å². The molecule has 1 fully saturated rings. The van der Waals surface area contributed by atoms with Crippen LogP contribution in [-0.2, 0) is 19.9 Å². The number of sulfonamides is 1. The summed E-state index contributed by atoms with van der Waals surface area (Å²) < 4.78 is 113. The minimum absolute atomic E-state index is 0.0546. The van der Waals surface area contributed by atoms with Gasteiger partial charge in [-0.15, -0.1) is 0 Å². The minimum atomic E-state index is -5.99. The number of primary sulfonamides is 1. The van der Waals surface area contributed by atoms with E-state index in [1.807, 2.05) is 0 Å². The summed E-state index contributed by atoms with van der Waals surface area (Å²) in [6.45, 7) is 1.41. The van der Waals surface area contributed by atoms with Crippen LogP contribution in [0.25, 0.3) is 0 Å². The summed E-state index contributed by atoms with van der Waals surface area (Å²) in [5, 5.41) is 10.2. The number of nitrogens with one attached hydrogen (secondary N) is 2. The molecule has 0 bridgehead atoms. The molecule has 14 heteroatoms. The van der Waals surface area contributed by atoms with Crippen molar-refractivity contribution in [2.45, 2.75) is 40.6 Å². The van der Waals surface area contributed by atoms with E-state index in [-0.39, 0.29) is 25.6 Å². The second-order valence-electron chi connectivity index (χ2n) is 6.48. The molecule has 0 radical (unpaired) electrons. The number of hydrogen-bond donors (Lipinski definition) is 3.